The van der Waals surface area contributed by atoms with Gasteiger partial charge in [0.15, 0.2) is 4.96 Å². The van der Waals surface area contributed by atoms with Gasteiger partial charge in [-0.05, 0) is 25.8 Å². The van der Waals surface area contributed by atoms with E-state index in [4.69, 9.17) is 5.73 Å². The molecule has 0 saturated heterocycles. The van der Waals surface area contributed by atoms with Gasteiger partial charge >= 0.3 is 0 Å². The van der Waals surface area contributed by atoms with E-state index in [-0.39, 0.29) is 0 Å². The number of imidazole rings is 1. The lowest BCUT2D eigenvalue weighted by Crippen LogP contribution is -2.05. The van der Waals surface area contributed by atoms with E-state index in [2.05, 4.69) is 9.38 Å². The highest BCUT2D eigenvalue weighted by Crippen LogP contribution is 2.31. The van der Waals surface area contributed by atoms with Gasteiger partial charge in [0.2, 0.25) is 0 Å². The average Bonchev–Trinajstić information content (AvgIpc) is 2.77. The summed E-state index contributed by atoms with van der Waals surface area (Å²) in [6, 6.07) is 0. The van der Waals surface area contributed by atoms with Crippen LogP contribution in [0.15, 0.2) is 6.20 Å². The van der Waals surface area contributed by atoms with Crippen molar-refractivity contribution in [3.05, 3.63) is 22.5 Å². The summed E-state index contributed by atoms with van der Waals surface area (Å²) in [6.45, 7) is 0.707. The van der Waals surface area contributed by atoms with Gasteiger partial charge in [0, 0.05) is 22.7 Å². The third-order valence-electron chi connectivity index (χ3n) is 2.83. The largest absolute Gasteiger partial charge is 0.330 e. The van der Waals surface area contributed by atoms with Gasteiger partial charge in [0.05, 0.1) is 6.20 Å². The van der Waals surface area contributed by atoms with Crippen LogP contribution >= 0.6 is 11.3 Å². The molecule has 0 atom stereocenters. The lowest BCUT2D eigenvalue weighted by molar-refractivity contribution is 0.852. The van der Waals surface area contributed by atoms with Gasteiger partial charge in [-0.25, -0.2) is 4.98 Å². The average molecular weight is 207 g/mol. The first kappa shape index (κ1) is 8.44. The maximum absolute atomic E-state index is 5.59. The van der Waals surface area contributed by atoms with Crippen molar-refractivity contribution in [1.82, 2.24) is 9.38 Å². The number of hydrogen-bond acceptors (Lipinski definition) is 3. The van der Waals surface area contributed by atoms with Crippen molar-refractivity contribution in [3.63, 3.8) is 0 Å². The lowest BCUT2D eigenvalue weighted by atomic mass is 10.3. The van der Waals surface area contributed by atoms with Crippen LogP contribution in [0, 0.1) is 0 Å². The van der Waals surface area contributed by atoms with E-state index < -0.39 is 0 Å². The quantitative estimate of drug-likeness (QED) is 0.808. The first-order chi connectivity index (χ1) is 6.90. The highest BCUT2D eigenvalue weighted by Gasteiger charge is 2.19. The summed E-state index contributed by atoms with van der Waals surface area (Å²) in [7, 11) is 0. The van der Waals surface area contributed by atoms with Crippen molar-refractivity contribution >= 4 is 16.3 Å². The Morgan fingerprint density at radius 3 is 3.29 bits per heavy atom. The zero-order chi connectivity index (χ0) is 9.54. The Morgan fingerprint density at radius 1 is 1.50 bits per heavy atom. The Labute approximate surface area is 86.6 Å². The molecule has 2 aromatic heterocycles. The smallest absolute Gasteiger partial charge is 0.194 e. The molecule has 3 rings (SSSR count). The first-order valence-electron chi connectivity index (χ1n) is 5.07. The topological polar surface area (TPSA) is 43.3 Å². The third kappa shape index (κ3) is 1.04. The van der Waals surface area contributed by atoms with Crippen LogP contribution in [0.4, 0.5) is 0 Å². The van der Waals surface area contributed by atoms with E-state index in [1.807, 2.05) is 17.5 Å². The molecule has 0 aliphatic heterocycles. The van der Waals surface area contributed by atoms with Crippen LogP contribution in [0.2, 0.25) is 0 Å². The van der Waals surface area contributed by atoms with Crippen LogP contribution in [0.3, 0.4) is 0 Å². The normalized spacial score (nSPS) is 15.2. The molecule has 0 aromatic carbocycles. The highest BCUT2D eigenvalue weighted by molar-refractivity contribution is 7.17. The molecule has 0 radical (unpaired) electrons. The van der Waals surface area contributed by atoms with Crippen LogP contribution in [-0.2, 0) is 19.3 Å². The molecular formula is C10H13N3S. The number of rotatable bonds is 2. The Kier molecular flexibility index (Phi) is 1.85. The molecule has 0 spiro atoms. The molecule has 0 fully saturated rings. The standard InChI is InChI=1S/C10H13N3S/c11-5-4-7-6-12-10-13(7)8-2-1-3-9(8)14-10/h6H,1-5,11H2. The Bertz CT molecular complexity index is 469. The summed E-state index contributed by atoms with van der Waals surface area (Å²) in [6.07, 6.45) is 6.66. The number of fused-ring (bicyclic) bond motifs is 3. The van der Waals surface area contributed by atoms with Crippen molar-refractivity contribution in [2.45, 2.75) is 25.7 Å². The predicted molar refractivity (Wildman–Crippen MR) is 57.9 cm³/mol. The molecule has 2 aromatic rings. The van der Waals surface area contributed by atoms with Crippen LogP contribution in [-0.4, -0.2) is 15.9 Å². The molecule has 2 heterocycles. The molecule has 0 bridgehead atoms. The summed E-state index contributed by atoms with van der Waals surface area (Å²) in [5.41, 5.74) is 8.36. The fourth-order valence-electron chi connectivity index (χ4n) is 2.21. The zero-order valence-corrected chi connectivity index (χ0v) is 8.81. The number of hydrogen-bond donors (Lipinski definition) is 1. The van der Waals surface area contributed by atoms with Crippen molar-refractivity contribution in [3.8, 4) is 0 Å². The van der Waals surface area contributed by atoms with Crippen molar-refractivity contribution in [1.29, 1.82) is 0 Å². The molecule has 0 saturated carbocycles. The Morgan fingerprint density at radius 2 is 2.43 bits per heavy atom. The molecule has 0 unspecified atom stereocenters. The van der Waals surface area contributed by atoms with Crippen molar-refractivity contribution < 1.29 is 0 Å². The lowest BCUT2D eigenvalue weighted by Gasteiger charge is -1.99. The summed E-state index contributed by atoms with van der Waals surface area (Å²) in [5.74, 6) is 0. The van der Waals surface area contributed by atoms with Crippen LogP contribution in [0.5, 0.6) is 0 Å². The summed E-state index contributed by atoms with van der Waals surface area (Å²) < 4.78 is 2.32. The fourth-order valence-corrected chi connectivity index (χ4v) is 3.41. The molecule has 74 valence electrons. The Hall–Kier alpha value is -0.870. The molecule has 0 amide bonds. The molecule has 4 heteroatoms. The van der Waals surface area contributed by atoms with E-state index in [1.54, 1.807) is 0 Å². The van der Waals surface area contributed by atoms with Crippen LogP contribution < -0.4 is 5.73 Å². The van der Waals surface area contributed by atoms with Gasteiger partial charge in [-0.1, -0.05) is 0 Å². The predicted octanol–water partition coefficient (Wildman–Crippen LogP) is 1.39. The molecule has 14 heavy (non-hydrogen) atoms. The van der Waals surface area contributed by atoms with E-state index in [0.717, 1.165) is 11.4 Å². The Balaban J connectivity index is 2.22. The number of aromatic nitrogens is 2. The van der Waals surface area contributed by atoms with E-state index in [9.17, 15) is 0 Å². The van der Waals surface area contributed by atoms with E-state index in [1.165, 1.54) is 35.5 Å². The van der Waals surface area contributed by atoms with Crippen molar-refractivity contribution in [2.75, 3.05) is 6.54 Å². The second kappa shape index (κ2) is 3.07. The summed E-state index contributed by atoms with van der Waals surface area (Å²) >= 11 is 1.84. The van der Waals surface area contributed by atoms with Gasteiger partial charge in [-0.2, -0.15) is 0 Å². The number of nitrogens with zero attached hydrogens (tertiary/aromatic N) is 2. The second-order valence-electron chi connectivity index (χ2n) is 3.73. The number of thiazole rings is 1. The van der Waals surface area contributed by atoms with Gasteiger partial charge in [-0.3, -0.25) is 4.40 Å². The van der Waals surface area contributed by atoms with Gasteiger partial charge in [0.25, 0.3) is 0 Å². The molecule has 1 aliphatic carbocycles. The number of nitrogens with two attached hydrogens (primary N) is 1. The monoisotopic (exact) mass is 207 g/mol. The first-order valence-corrected chi connectivity index (χ1v) is 5.88. The highest BCUT2D eigenvalue weighted by atomic mass is 32.1. The van der Waals surface area contributed by atoms with Crippen molar-refractivity contribution in [2.24, 2.45) is 5.73 Å². The van der Waals surface area contributed by atoms with E-state index in [0.29, 0.717) is 6.54 Å². The fraction of sp³-hybridized carbons (Fsp3) is 0.500. The minimum Gasteiger partial charge on any atom is -0.330 e. The molecule has 1 aliphatic rings. The van der Waals surface area contributed by atoms with Gasteiger partial charge in [0.1, 0.15) is 0 Å². The van der Waals surface area contributed by atoms with E-state index >= 15 is 0 Å². The maximum Gasteiger partial charge on any atom is 0.194 e. The molecular weight excluding hydrogens is 194 g/mol. The van der Waals surface area contributed by atoms with Gasteiger partial charge < -0.3 is 5.73 Å². The van der Waals surface area contributed by atoms with Crippen LogP contribution in [0.1, 0.15) is 22.7 Å². The summed E-state index contributed by atoms with van der Waals surface area (Å²) in [4.78, 5) is 7.11. The molecule has 3 nitrogen and oxygen atoms in total. The minimum absolute atomic E-state index is 0.707. The number of aryl methyl sites for hydroxylation is 2. The third-order valence-corrected chi connectivity index (χ3v) is 3.98. The minimum atomic E-state index is 0.707. The molecule has 2 N–H and O–H groups in total. The second-order valence-corrected chi connectivity index (χ2v) is 4.79. The SMILES string of the molecule is NCCc1cnc2sc3c(n12)CCC3. The maximum atomic E-state index is 5.59. The zero-order valence-electron chi connectivity index (χ0n) is 7.99. The van der Waals surface area contributed by atoms with Gasteiger partial charge in [-0.15, -0.1) is 11.3 Å². The summed E-state index contributed by atoms with van der Waals surface area (Å²) in [5, 5.41) is 0. The van der Waals surface area contributed by atoms with Crippen LogP contribution in [0.25, 0.3) is 4.96 Å².